The second-order valence-corrected chi connectivity index (χ2v) is 10.2. The summed E-state index contributed by atoms with van der Waals surface area (Å²) in [5, 5.41) is 14.8. The fourth-order valence-electron chi connectivity index (χ4n) is 5.13. The van der Waals surface area contributed by atoms with Gasteiger partial charge < -0.3 is 16.4 Å². The highest BCUT2D eigenvalue weighted by Gasteiger charge is 2.23. The highest BCUT2D eigenvalue weighted by Crippen LogP contribution is 2.31. The van der Waals surface area contributed by atoms with Gasteiger partial charge in [0.2, 0.25) is 0 Å². The first-order valence-electron chi connectivity index (χ1n) is 13.6. The van der Waals surface area contributed by atoms with Crippen molar-refractivity contribution in [1.29, 1.82) is 0 Å². The minimum Gasteiger partial charge on any atom is -0.383 e. The van der Waals surface area contributed by atoms with Gasteiger partial charge in [-0.2, -0.15) is 0 Å². The number of aromatic nitrogens is 2. The van der Waals surface area contributed by atoms with Crippen molar-refractivity contribution in [3.8, 4) is 0 Å². The third-order valence-electron chi connectivity index (χ3n) is 7.34. The Balaban J connectivity index is 1.26. The number of rotatable bonds is 12. The third-order valence-corrected chi connectivity index (χ3v) is 7.34. The summed E-state index contributed by atoms with van der Waals surface area (Å²) < 4.78 is 14.9. The van der Waals surface area contributed by atoms with Crippen molar-refractivity contribution >= 4 is 23.0 Å². The molecule has 6 nitrogen and oxygen atoms in total. The average molecular weight is 516 g/mol. The lowest BCUT2D eigenvalue weighted by molar-refractivity contribution is 0.0941. The number of nitrogen functional groups attached to an aromatic ring is 1. The van der Waals surface area contributed by atoms with E-state index >= 15 is 0 Å². The Morgan fingerprint density at radius 3 is 2.42 bits per heavy atom. The molecule has 1 amide bonds. The molecule has 1 aromatic carbocycles. The largest absolute Gasteiger partial charge is 0.383 e. The molecular formula is C31H38FN5O. The van der Waals surface area contributed by atoms with Crippen LogP contribution >= 0.6 is 0 Å². The van der Waals surface area contributed by atoms with Crippen molar-refractivity contribution in [1.82, 2.24) is 20.8 Å². The summed E-state index contributed by atoms with van der Waals surface area (Å²) in [5.74, 6) is 0.851. The van der Waals surface area contributed by atoms with E-state index in [-0.39, 0.29) is 11.7 Å². The molecule has 0 atom stereocenters. The first kappa shape index (κ1) is 27.3. The van der Waals surface area contributed by atoms with E-state index in [1.807, 2.05) is 36.4 Å². The molecule has 200 valence electrons. The molecule has 0 unspecified atom stereocenters. The Kier molecular flexibility index (Phi) is 9.46. The van der Waals surface area contributed by atoms with Gasteiger partial charge in [0.05, 0.1) is 5.70 Å². The van der Waals surface area contributed by atoms with Crippen LogP contribution in [0.1, 0.15) is 72.6 Å². The van der Waals surface area contributed by atoms with Gasteiger partial charge in [-0.25, -0.2) is 4.39 Å². The van der Waals surface area contributed by atoms with E-state index in [1.54, 1.807) is 6.07 Å². The lowest BCUT2D eigenvalue weighted by atomic mass is 9.82. The van der Waals surface area contributed by atoms with Gasteiger partial charge in [0.15, 0.2) is 0 Å². The van der Waals surface area contributed by atoms with Gasteiger partial charge in [0, 0.05) is 24.2 Å². The predicted octanol–water partition coefficient (Wildman–Crippen LogP) is 5.85. The number of benzene rings is 1. The monoisotopic (exact) mass is 515 g/mol. The number of amides is 1. The second kappa shape index (κ2) is 13.2. The SMILES string of the molecule is C=CC/C=C(/NCC1CCC(CNC(=O)c2cc(F)c(C3=CC=C3)c(CCC)c2)CC1)c1ccc(N)nn1. The van der Waals surface area contributed by atoms with Crippen molar-refractivity contribution in [2.24, 2.45) is 11.8 Å². The van der Waals surface area contributed by atoms with E-state index in [1.165, 1.54) is 6.07 Å². The van der Waals surface area contributed by atoms with Crippen LogP contribution in [0.2, 0.25) is 0 Å². The van der Waals surface area contributed by atoms with Gasteiger partial charge >= 0.3 is 0 Å². The zero-order valence-corrected chi connectivity index (χ0v) is 22.2. The van der Waals surface area contributed by atoms with Crippen molar-refractivity contribution in [2.75, 3.05) is 18.8 Å². The Labute approximate surface area is 225 Å². The molecule has 0 radical (unpaired) electrons. The lowest BCUT2D eigenvalue weighted by Crippen LogP contribution is -2.33. The first-order chi connectivity index (χ1) is 18.5. The molecule has 4 N–H and O–H groups in total. The minimum absolute atomic E-state index is 0.198. The van der Waals surface area contributed by atoms with Crippen LogP contribution in [0.25, 0.3) is 11.3 Å². The third kappa shape index (κ3) is 6.97. The highest BCUT2D eigenvalue weighted by molar-refractivity contribution is 5.95. The number of nitrogens with two attached hydrogens (primary N) is 1. The van der Waals surface area contributed by atoms with E-state index in [9.17, 15) is 9.18 Å². The summed E-state index contributed by atoms with van der Waals surface area (Å²) in [5.41, 5.74) is 10.2. The van der Waals surface area contributed by atoms with E-state index in [0.29, 0.717) is 35.3 Å². The van der Waals surface area contributed by atoms with Crippen molar-refractivity contribution < 1.29 is 9.18 Å². The molecule has 0 bridgehead atoms. The van der Waals surface area contributed by atoms with Gasteiger partial charge in [-0.05, 0) is 85.8 Å². The van der Waals surface area contributed by atoms with Crippen LogP contribution < -0.4 is 16.4 Å². The molecule has 7 heteroatoms. The maximum Gasteiger partial charge on any atom is 0.251 e. The smallest absolute Gasteiger partial charge is 0.251 e. The first-order valence-corrected chi connectivity index (χ1v) is 13.6. The molecule has 0 spiro atoms. The number of aryl methyl sites for hydroxylation is 1. The molecule has 1 heterocycles. The molecule has 0 aliphatic heterocycles. The molecule has 2 aromatic rings. The second-order valence-electron chi connectivity index (χ2n) is 10.2. The summed E-state index contributed by atoms with van der Waals surface area (Å²) >= 11 is 0. The van der Waals surface area contributed by atoms with Crippen LogP contribution in [-0.4, -0.2) is 29.2 Å². The van der Waals surface area contributed by atoms with E-state index in [0.717, 1.165) is 74.0 Å². The predicted molar refractivity (Wildman–Crippen MR) is 153 cm³/mol. The van der Waals surface area contributed by atoms with Crippen molar-refractivity contribution in [2.45, 2.75) is 51.9 Å². The number of halogens is 1. The summed E-state index contributed by atoms with van der Waals surface area (Å²) in [6.45, 7) is 7.33. The number of carbonyl (C=O) groups excluding carboxylic acids is 1. The van der Waals surface area contributed by atoms with Crippen LogP contribution in [0.4, 0.5) is 10.2 Å². The summed E-state index contributed by atoms with van der Waals surface area (Å²) in [6.07, 6.45) is 16.3. The Hall–Kier alpha value is -3.74. The normalized spacial score (nSPS) is 18.9. The van der Waals surface area contributed by atoms with Crippen molar-refractivity contribution in [3.63, 3.8) is 0 Å². The number of anilines is 1. The molecule has 4 rings (SSSR count). The zero-order valence-electron chi connectivity index (χ0n) is 22.2. The molecule has 2 aliphatic carbocycles. The van der Waals surface area contributed by atoms with E-state index < -0.39 is 0 Å². The van der Waals surface area contributed by atoms with Crippen LogP contribution in [-0.2, 0) is 6.42 Å². The van der Waals surface area contributed by atoms with Gasteiger partial charge in [-0.15, -0.1) is 16.8 Å². The van der Waals surface area contributed by atoms with Gasteiger partial charge in [0.25, 0.3) is 5.91 Å². The Morgan fingerprint density at radius 2 is 1.84 bits per heavy atom. The van der Waals surface area contributed by atoms with Gasteiger partial charge in [-0.1, -0.05) is 43.7 Å². The number of nitrogens with zero attached hydrogens (tertiary/aromatic N) is 2. The van der Waals surface area contributed by atoms with E-state index in [2.05, 4.69) is 40.4 Å². The lowest BCUT2D eigenvalue weighted by Gasteiger charge is -2.29. The van der Waals surface area contributed by atoms with E-state index in [4.69, 9.17) is 5.73 Å². The molecule has 1 fully saturated rings. The van der Waals surface area contributed by atoms with Gasteiger partial charge in [0.1, 0.15) is 17.3 Å². The fourth-order valence-corrected chi connectivity index (χ4v) is 5.13. The standard InChI is InChI=1S/C31H38FN5O/c1-3-5-10-27(28-15-16-29(33)37-36-28)34-19-21-11-13-22(14-12-21)20-35-31(38)25-17-24(7-4-2)30(26(32)18-25)23-8-6-9-23/h3,6,8-10,15-18,21-22,34H,1,4-5,7,11-14,19-20H2,2H3,(H2,33,37)(H,35,38)/b27-10+. The molecule has 2 aliphatic rings. The summed E-state index contributed by atoms with van der Waals surface area (Å²) in [7, 11) is 0. The molecule has 1 aromatic heterocycles. The molecule has 1 saturated carbocycles. The molecular weight excluding hydrogens is 477 g/mol. The fraction of sp³-hybridized carbons (Fsp3) is 0.387. The highest BCUT2D eigenvalue weighted by atomic mass is 19.1. The maximum absolute atomic E-state index is 14.9. The van der Waals surface area contributed by atoms with Crippen LogP contribution in [0.3, 0.4) is 0 Å². The van der Waals surface area contributed by atoms with Crippen LogP contribution in [0, 0.1) is 17.7 Å². The molecule has 0 saturated heterocycles. The quantitative estimate of drug-likeness (QED) is 0.309. The zero-order chi connectivity index (χ0) is 26.9. The minimum atomic E-state index is -0.323. The Morgan fingerprint density at radius 1 is 1.13 bits per heavy atom. The van der Waals surface area contributed by atoms with Crippen LogP contribution in [0.15, 0.2) is 61.2 Å². The summed E-state index contributed by atoms with van der Waals surface area (Å²) in [4.78, 5) is 12.9. The van der Waals surface area contributed by atoms with Crippen molar-refractivity contribution in [3.05, 3.63) is 89.4 Å². The molecule has 38 heavy (non-hydrogen) atoms. The number of carbonyl (C=O) groups is 1. The maximum atomic E-state index is 14.9. The average Bonchev–Trinajstić information content (AvgIpc) is 2.89. The number of hydrogen-bond donors (Lipinski definition) is 3. The van der Waals surface area contributed by atoms with Gasteiger partial charge in [-0.3, -0.25) is 4.79 Å². The Bertz CT molecular complexity index is 1220. The number of allylic oxidation sites excluding steroid dienone is 6. The van der Waals surface area contributed by atoms with Crippen LogP contribution in [0.5, 0.6) is 0 Å². The number of nitrogens with one attached hydrogen (secondary N) is 2. The summed E-state index contributed by atoms with van der Waals surface area (Å²) in [6, 6.07) is 6.86. The number of hydrogen-bond acceptors (Lipinski definition) is 5. The topological polar surface area (TPSA) is 92.9 Å².